The number of aromatic nitrogens is 2. The lowest BCUT2D eigenvalue weighted by Gasteiger charge is -2.36. The summed E-state index contributed by atoms with van der Waals surface area (Å²) in [5, 5.41) is 10.2. The molecule has 3 heterocycles. The Morgan fingerprint density at radius 1 is 1.07 bits per heavy atom. The maximum Gasteiger partial charge on any atom is 0.417 e. The van der Waals surface area contributed by atoms with Gasteiger partial charge in [0.25, 0.3) is 0 Å². The second-order valence-corrected chi connectivity index (χ2v) is 8.64. The van der Waals surface area contributed by atoms with Crippen molar-refractivity contribution in [2.45, 2.75) is 13.8 Å². The normalized spacial score (nSPS) is 15.4. The van der Waals surface area contributed by atoms with Crippen LogP contribution in [0.25, 0.3) is 22.2 Å². The van der Waals surface area contributed by atoms with Gasteiger partial charge in [-0.3, -0.25) is 0 Å². The van der Waals surface area contributed by atoms with E-state index in [2.05, 4.69) is 70.4 Å². The second-order valence-electron chi connectivity index (χ2n) is 7.47. The Labute approximate surface area is 177 Å². The predicted molar refractivity (Wildman–Crippen MR) is 120 cm³/mol. The van der Waals surface area contributed by atoms with Crippen molar-refractivity contribution in [3.05, 3.63) is 45.3 Å². The Bertz CT molecular complexity index is 1040. The van der Waals surface area contributed by atoms with Gasteiger partial charge in [0.2, 0.25) is 0 Å². The lowest BCUT2D eigenvalue weighted by atomic mass is 9.98. The van der Waals surface area contributed by atoms with Crippen molar-refractivity contribution in [1.29, 1.82) is 0 Å². The van der Waals surface area contributed by atoms with Crippen molar-refractivity contribution in [3.8, 4) is 11.1 Å². The van der Waals surface area contributed by atoms with E-state index in [1.54, 1.807) is 12.4 Å². The van der Waals surface area contributed by atoms with E-state index >= 15 is 0 Å². The zero-order valence-corrected chi connectivity index (χ0v) is 18.4. The van der Waals surface area contributed by atoms with Gasteiger partial charge in [-0.15, -0.1) is 0 Å². The zero-order valence-electron chi connectivity index (χ0n) is 16.2. The lowest BCUT2D eigenvalue weighted by molar-refractivity contribution is 0.197. The molecule has 0 radical (unpaired) electrons. The summed E-state index contributed by atoms with van der Waals surface area (Å²) in [5.41, 5.74) is 6.45. The van der Waals surface area contributed by atoms with Crippen LogP contribution < -0.4 is 4.90 Å². The molecule has 1 aliphatic heterocycles. The monoisotopic (exact) mass is 490 g/mol. The molecule has 3 aromatic rings. The molecule has 0 spiro atoms. The summed E-state index contributed by atoms with van der Waals surface area (Å²) in [5.74, 6) is 0. The lowest BCUT2D eigenvalue weighted by Crippen LogP contribution is -2.45. The molecule has 0 amide bonds. The number of pyridine rings is 1. The van der Waals surface area contributed by atoms with Gasteiger partial charge < -0.3 is 14.9 Å². The van der Waals surface area contributed by atoms with E-state index < -0.39 is 6.09 Å². The number of carbonyl (C=O) groups is 1. The van der Waals surface area contributed by atoms with Gasteiger partial charge in [0.05, 0.1) is 0 Å². The highest BCUT2D eigenvalue weighted by Gasteiger charge is 2.19. The standard InChI is InChI=1S/C21H23IN4O2/c1-13-8-15(9-14(2)19(13)25-6-4-24(3)5-7-25)16-10-17-18(22)12-26(21(27)28)20(17)23-11-16/h8-12H,4-7H2,1-3H3,(H,27,28). The number of hydrogen-bond donors (Lipinski definition) is 1. The van der Waals surface area contributed by atoms with Gasteiger partial charge in [-0.05, 0) is 78.4 Å². The summed E-state index contributed by atoms with van der Waals surface area (Å²) in [6.07, 6.45) is 2.36. The molecule has 1 aromatic carbocycles. The molecule has 4 rings (SSSR count). The Morgan fingerprint density at radius 3 is 2.32 bits per heavy atom. The third-order valence-corrected chi connectivity index (χ3v) is 6.30. The molecule has 1 saturated heterocycles. The molecule has 0 aliphatic carbocycles. The van der Waals surface area contributed by atoms with Crippen LogP contribution in [0.15, 0.2) is 30.6 Å². The molecule has 1 fully saturated rings. The molecular weight excluding hydrogens is 467 g/mol. The highest BCUT2D eigenvalue weighted by molar-refractivity contribution is 14.1. The molecule has 7 heteroatoms. The molecule has 1 aliphatic rings. The number of aryl methyl sites for hydroxylation is 2. The first kappa shape index (κ1) is 19.2. The van der Waals surface area contributed by atoms with Gasteiger partial charge >= 0.3 is 6.09 Å². The Morgan fingerprint density at radius 2 is 1.71 bits per heavy atom. The fourth-order valence-electron chi connectivity index (χ4n) is 4.02. The zero-order chi connectivity index (χ0) is 20.0. The van der Waals surface area contributed by atoms with Crippen LogP contribution in [0, 0.1) is 17.4 Å². The largest absolute Gasteiger partial charge is 0.464 e. The van der Waals surface area contributed by atoms with Gasteiger partial charge in [-0.2, -0.15) is 0 Å². The SMILES string of the molecule is Cc1cc(-c2cnc3c(c2)c(I)cn3C(=O)O)cc(C)c1N1CCN(C)CC1. The van der Waals surface area contributed by atoms with E-state index in [-0.39, 0.29) is 0 Å². The number of hydrogen-bond acceptors (Lipinski definition) is 4. The van der Waals surface area contributed by atoms with Crippen molar-refractivity contribution in [2.24, 2.45) is 0 Å². The third kappa shape index (κ3) is 3.37. The predicted octanol–water partition coefficient (Wildman–Crippen LogP) is 4.20. The van der Waals surface area contributed by atoms with Crippen molar-refractivity contribution >= 4 is 45.4 Å². The van der Waals surface area contributed by atoms with Crippen molar-refractivity contribution in [3.63, 3.8) is 0 Å². The van der Waals surface area contributed by atoms with Gasteiger partial charge in [0.1, 0.15) is 0 Å². The van der Waals surface area contributed by atoms with Crippen LogP contribution in [0.4, 0.5) is 10.5 Å². The summed E-state index contributed by atoms with van der Waals surface area (Å²) < 4.78 is 2.06. The Kier molecular flexibility index (Phi) is 5.05. The summed E-state index contributed by atoms with van der Waals surface area (Å²) in [6, 6.07) is 6.46. The quantitative estimate of drug-likeness (QED) is 0.546. The highest BCUT2D eigenvalue weighted by Crippen LogP contribution is 2.33. The molecule has 146 valence electrons. The molecule has 0 unspecified atom stereocenters. The van der Waals surface area contributed by atoms with Crippen LogP contribution in [-0.2, 0) is 0 Å². The minimum absolute atomic E-state index is 0.475. The molecule has 0 atom stereocenters. The van der Waals surface area contributed by atoms with E-state index in [4.69, 9.17) is 0 Å². The van der Waals surface area contributed by atoms with E-state index in [0.29, 0.717) is 5.65 Å². The Hall–Kier alpha value is -2.13. The van der Waals surface area contributed by atoms with Crippen molar-refractivity contribution in [2.75, 3.05) is 38.1 Å². The number of nitrogens with zero attached hydrogens (tertiary/aromatic N) is 4. The van der Waals surface area contributed by atoms with Crippen LogP contribution in [0.5, 0.6) is 0 Å². The minimum Gasteiger partial charge on any atom is -0.464 e. The number of halogens is 1. The molecule has 1 N–H and O–H groups in total. The fourth-order valence-corrected chi connectivity index (χ4v) is 4.70. The first-order chi connectivity index (χ1) is 13.3. The first-order valence-corrected chi connectivity index (χ1v) is 10.4. The summed E-state index contributed by atoms with van der Waals surface area (Å²) in [4.78, 5) is 20.7. The maximum atomic E-state index is 11.4. The van der Waals surface area contributed by atoms with Crippen molar-refractivity contribution < 1.29 is 9.90 Å². The van der Waals surface area contributed by atoms with Crippen LogP contribution in [0.1, 0.15) is 11.1 Å². The Balaban J connectivity index is 1.74. The van der Waals surface area contributed by atoms with Gasteiger partial charge in [-0.25, -0.2) is 14.3 Å². The second kappa shape index (κ2) is 7.36. The topological polar surface area (TPSA) is 61.6 Å². The van der Waals surface area contributed by atoms with Crippen LogP contribution in [0.3, 0.4) is 0 Å². The molecular formula is C21H23IN4O2. The van der Waals surface area contributed by atoms with Gasteiger partial charge in [0.15, 0.2) is 5.65 Å². The minimum atomic E-state index is -1.02. The van der Waals surface area contributed by atoms with Crippen LogP contribution in [-0.4, -0.2) is 58.9 Å². The molecule has 0 saturated carbocycles. The number of benzene rings is 1. The molecule has 0 bridgehead atoms. The number of anilines is 1. The van der Waals surface area contributed by atoms with Gasteiger partial charge in [-0.1, -0.05) is 0 Å². The van der Waals surface area contributed by atoms with Crippen LogP contribution >= 0.6 is 22.6 Å². The highest BCUT2D eigenvalue weighted by atomic mass is 127. The molecule has 2 aromatic heterocycles. The number of piperazine rings is 1. The number of likely N-dealkylation sites (N-methyl/N-ethyl adjacent to an activating group) is 1. The number of carboxylic acid groups (broad SMARTS) is 1. The smallest absolute Gasteiger partial charge is 0.417 e. The van der Waals surface area contributed by atoms with Crippen molar-refractivity contribution in [1.82, 2.24) is 14.5 Å². The summed E-state index contributed by atoms with van der Waals surface area (Å²) >= 11 is 2.16. The van der Waals surface area contributed by atoms with Crippen LogP contribution in [0.2, 0.25) is 0 Å². The van der Waals surface area contributed by atoms with E-state index in [0.717, 1.165) is 46.3 Å². The first-order valence-electron chi connectivity index (χ1n) is 9.30. The molecule has 28 heavy (non-hydrogen) atoms. The average molecular weight is 490 g/mol. The summed E-state index contributed by atoms with van der Waals surface area (Å²) in [6.45, 7) is 8.60. The molecule has 6 nitrogen and oxygen atoms in total. The third-order valence-electron chi connectivity index (χ3n) is 5.44. The summed E-state index contributed by atoms with van der Waals surface area (Å²) in [7, 11) is 2.17. The van der Waals surface area contributed by atoms with E-state index in [1.807, 2.05) is 6.07 Å². The number of fused-ring (bicyclic) bond motifs is 1. The van der Waals surface area contributed by atoms with E-state index in [1.165, 1.54) is 21.4 Å². The van der Waals surface area contributed by atoms with Gasteiger partial charge in [0, 0.05) is 58.8 Å². The average Bonchev–Trinajstić information content (AvgIpc) is 2.99. The fraction of sp³-hybridized carbons (Fsp3) is 0.333. The maximum absolute atomic E-state index is 11.4. The van der Waals surface area contributed by atoms with E-state index in [9.17, 15) is 9.90 Å². The number of rotatable bonds is 2.